The van der Waals surface area contributed by atoms with Gasteiger partial charge in [0.2, 0.25) is 0 Å². The molecular formula is C12H17N5S. The fourth-order valence-electron chi connectivity index (χ4n) is 1.59. The van der Waals surface area contributed by atoms with Crippen molar-refractivity contribution in [1.29, 1.82) is 0 Å². The van der Waals surface area contributed by atoms with E-state index in [4.69, 9.17) is 0 Å². The first-order valence-electron chi connectivity index (χ1n) is 5.70. The van der Waals surface area contributed by atoms with E-state index in [9.17, 15) is 0 Å². The summed E-state index contributed by atoms with van der Waals surface area (Å²) in [4.78, 5) is 18.2. The molecule has 0 aromatic carbocycles. The first-order valence-corrected chi connectivity index (χ1v) is 6.52. The maximum absolute atomic E-state index is 4.37. The van der Waals surface area contributed by atoms with Crippen LogP contribution in [0.15, 0.2) is 24.8 Å². The Morgan fingerprint density at radius 3 is 2.50 bits per heavy atom. The smallest absolute Gasteiger partial charge is 0.185 e. The van der Waals surface area contributed by atoms with Crippen LogP contribution in [0, 0.1) is 0 Å². The lowest BCUT2D eigenvalue weighted by atomic mass is 10.4. The van der Waals surface area contributed by atoms with Crippen LogP contribution >= 0.6 is 11.3 Å². The molecule has 0 aliphatic heterocycles. The zero-order chi connectivity index (χ0) is 13.0. The van der Waals surface area contributed by atoms with Crippen LogP contribution < -0.4 is 4.90 Å². The van der Waals surface area contributed by atoms with Crippen molar-refractivity contribution in [2.24, 2.45) is 0 Å². The van der Waals surface area contributed by atoms with Crippen molar-refractivity contribution in [2.45, 2.75) is 13.1 Å². The molecule has 0 amide bonds. The van der Waals surface area contributed by atoms with E-state index in [-0.39, 0.29) is 0 Å². The third-order valence-corrected chi connectivity index (χ3v) is 3.55. The SMILES string of the molecule is CN(Cc1cnccn1)Cc1cnc(N(C)C)s1. The number of thiazole rings is 1. The molecule has 0 saturated heterocycles. The zero-order valence-electron chi connectivity index (χ0n) is 10.9. The molecule has 0 bridgehead atoms. The summed E-state index contributed by atoms with van der Waals surface area (Å²) in [6, 6.07) is 0. The van der Waals surface area contributed by atoms with Gasteiger partial charge in [-0.25, -0.2) is 4.98 Å². The Hall–Kier alpha value is -1.53. The summed E-state index contributed by atoms with van der Waals surface area (Å²) in [6.45, 7) is 1.67. The summed E-state index contributed by atoms with van der Waals surface area (Å²) in [6.07, 6.45) is 7.15. The van der Waals surface area contributed by atoms with Crippen molar-refractivity contribution in [2.75, 3.05) is 26.0 Å². The molecule has 0 atom stereocenters. The second kappa shape index (κ2) is 5.88. The minimum absolute atomic E-state index is 0.795. The fourth-order valence-corrected chi connectivity index (χ4v) is 2.50. The van der Waals surface area contributed by atoms with Crippen molar-refractivity contribution in [1.82, 2.24) is 19.9 Å². The Kier molecular flexibility index (Phi) is 4.22. The van der Waals surface area contributed by atoms with Crippen LogP contribution in [0.4, 0.5) is 5.13 Å². The van der Waals surface area contributed by atoms with Gasteiger partial charge < -0.3 is 4.90 Å². The Balaban J connectivity index is 1.92. The van der Waals surface area contributed by atoms with Gasteiger partial charge in [0, 0.05) is 56.8 Å². The summed E-state index contributed by atoms with van der Waals surface area (Å²) in [5.74, 6) is 0. The molecule has 2 rings (SSSR count). The van der Waals surface area contributed by atoms with Gasteiger partial charge in [0.15, 0.2) is 5.13 Å². The summed E-state index contributed by atoms with van der Waals surface area (Å²) in [5.41, 5.74) is 0.984. The van der Waals surface area contributed by atoms with Gasteiger partial charge in [-0.2, -0.15) is 0 Å². The van der Waals surface area contributed by atoms with E-state index in [2.05, 4.69) is 26.9 Å². The molecule has 0 aliphatic rings. The minimum atomic E-state index is 0.795. The standard InChI is InChI=1S/C12H17N5S/c1-16(2)12-15-7-11(18-12)9-17(3)8-10-6-13-4-5-14-10/h4-7H,8-9H2,1-3H3. The van der Waals surface area contributed by atoms with E-state index < -0.39 is 0 Å². The first-order chi connectivity index (χ1) is 8.65. The second-order valence-corrected chi connectivity index (χ2v) is 5.47. The highest BCUT2D eigenvalue weighted by molar-refractivity contribution is 7.15. The lowest BCUT2D eigenvalue weighted by Crippen LogP contribution is -2.17. The number of hydrogen-bond donors (Lipinski definition) is 0. The minimum Gasteiger partial charge on any atom is -0.354 e. The molecule has 5 nitrogen and oxygen atoms in total. The largest absolute Gasteiger partial charge is 0.354 e. The van der Waals surface area contributed by atoms with E-state index in [1.165, 1.54) is 4.88 Å². The van der Waals surface area contributed by atoms with Crippen LogP contribution in [0.5, 0.6) is 0 Å². The first kappa shape index (κ1) is 12.9. The number of anilines is 1. The molecule has 0 spiro atoms. The van der Waals surface area contributed by atoms with Crippen molar-refractivity contribution >= 4 is 16.5 Å². The Morgan fingerprint density at radius 1 is 1.06 bits per heavy atom. The normalized spacial score (nSPS) is 10.9. The molecule has 0 fully saturated rings. The average Bonchev–Trinajstić information content (AvgIpc) is 2.78. The third kappa shape index (κ3) is 3.48. The molecule has 0 saturated carbocycles. The van der Waals surface area contributed by atoms with Gasteiger partial charge in [0.25, 0.3) is 0 Å². The van der Waals surface area contributed by atoms with E-state index in [0.29, 0.717) is 0 Å². The molecule has 18 heavy (non-hydrogen) atoms. The monoisotopic (exact) mass is 263 g/mol. The van der Waals surface area contributed by atoms with Crippen LogP contribution in [0.3, 0.4) is 0 Å². The highest BCUT2D eigenvalue weighted by atomic mass is 32.1. The molecule has 0 radical (unpaired) electrons. The van der Waals surface area contributed by atoms with Gasteiger partial charge in [-0.15, -0.1) is 11.3 Å². The van der Waals surface area contributed by atoms with E-state index in [1.807, 2.05) is 25.2 Å². The van der Waals surface area contributed by atoms with Gasteiger partial charge in [-0.05, 0) is 7.05 Å². The number of nitrogens with zero attached hydrogens (tertiary/aromatic N) is 5. The highest BCUT2D eigenvalue weighted by Crippen LogP contribution is 2.21. The summed E-state index contributed by atoms with van der Waals surface area (Å²) >= 11 is 1.72. The molecule has 0 aliphatic carbocycles. The average molecular weight is 263 g/mol. The van der Waals surface area contributed by atoms with Crippen LogP contribution in [-0.4, -0.2) is 41.0 Å². The lowest BCUT2D eigenvalue weighted by molar-refractivity contribution is 0.317. The van der Waals surface area contributed by atoms with E-state index in [1.54, 1.807) is 29.9 Å². The molecule has 2 heterocycles. The van der Waals surface area contributed by atoms with E-state index >= 15 is 0 Å². The molecule has 2 aromatic heterocycles. The zero-order valence-corrected chi connectivity index (χ0v) is 11.7. The van der Waals surface area contributed by atoms with E-state index in [0.717, 1.165) is 23.9 Å². The third-order valence-electron chi connectivity index (χ3n) is 2.40. The summed E-state index contributed by atoms with van der Waals surface area (Å²) in [5, 5.41) is 1.04. The molecule has 0 unspecified atom stereocenters. The predicted molar refractivity (Wildman–Crippen MR) is 73.6 cm³/mol. The Labute approximate surface area is 111 Å². The molecule has 0 N–H and O–H groups in total. The van der Waals surface area contributed by atoms with Crippen LogP contribution in [-0.2, 0) is 13.1 Å². The van der Waals surface area contributed by atoms with Gasteiger partial charge in [-0.1, -0.05) is 0 Å². The van der Waals surface area contributed by atoms with Gasteiger partial charge in [-0.3, -0.25) is 14.9 Å². The van der Waals surface area contributed by atoms with Crippen molar-refractivity contribution in [3.63, 3.8) is 0 Å². The molecular weight excluding hydrogens is 246 g/mol. The van der Waals surface area contributed by atoms with Crippen molar-refractivity contribution < 1.29 is 0 Å². The number of aromatic nitrogens is 3. The number of hydrogen-bond acceptors (Lipinski definition) is 6. The lowest BCUT2D eigenvalue weighted by Gasteiger charge is -2.14. The Morgan fingerprint density at radius 2 is 1.89 bits per heavy atom. The quantitative estimate of drug-likeness (QED) is 0.820. The van der Waals surface area contributed by atoms with Crippen LogP contribution in [0.1, 0.15) is 10.6 Å². The Bertz CT molecular complexity index is 482. The maximum Gasteiger partial charge on any atom is 0.185 e. The van der Waals surface area contributed by atoms with Crippen molar-refractivity contribution in [3.8, 4) is 0 Å². The predicted octanol–water partition coefficient (Wildman–Crippen LogP) is 1.63. The number of rotatable bonds is 5. The van der Waals surface area contributed by atoms with Crippen LogP contribution in [0.25, 0.3) is 0 Å². The molecule has 6 heteroatoms. The summed E-state index contributed by atoms with van der Waals surface area (Å²) in [7, 11) is 6.08. The summed E-state index contributed by atoms with van der Waals surface area (Å²) < 4.78 is 0. The van der Waals surface area contributed by atoms with Gasteiger partial charge >= 0.3 is 0 Å². The van der Waals surface area contributed by atoms with Crippen LogP contribution in [0.2, 0.25) is 0 Å². The molecule has 2 aromatic rings. The molecule has 96 valence electrons. The van der Waals surface area contributed by atoms with Gasteiger partial charge in [0.1, 0.15) is 0 Å². The van der Waals surface area contributed by atoms with Crippen molar-refractivity contribution in [3.05, 3.63) is 35.4 Å². The highest BCUT2D eigenvalue weighted by Gasteiger charge is 2.07. The second-order valence-electron chi connectivity index (χ2n) is 4.37. The topological polar surface area (TPSA) is 45.2 Å². The van der Waals surface area contributed by atoms with Gasteiger partial charge in [0.05, 0.1) is 5.69 Å². The fraction of sp³-hybridized carbons (Fsp3) is 0.417. The maximum atomic E-state index is 4.37.